The maximum Gasteiger partial charge on any atom is 0.248 e. The van der Waals surface area contributed by atoms with Crippen molar-refractivity contribution in [2.45, 2.75) is 6.92 Å². The summed E-state index contributed by atoms with van der Waals surface area (Å²) in [5.74, 6) is 0.646. The van der Waals surface area contributed by atoms with E-state index in [1.807, 2.05) is 24.3 Å². The SMILES string of the molecule is COc1ccccc1/C=C/C(=O)Nc1cc(NC(C)=O)ccc1OC. The molecule has 0 aliphatic heterocycles. The van der Waals surface area contributed by atoms with E-state index in [-0.39, 0.29) is 11.8 Å². The van der Waals surface area contributed by atoms with Crippen LogP contribution in [0.5, 0.6) is 11.5 Å². The van der Waals surface area contributed by atoms with E-state index in [1.54, 1.807) is 31.4 Å². The van der Waals surface area contributed by atoms with E-state index in [4.69, 9.17) is 9.47 Å². The molecule has 0 saturated heterocycles. The van der Waals surface area contributed by atoms with Gasteiger partial charge in [0.2, 0.25) is 11.8 Å². The molecule has 2 N–H and O–H groups in total. The fraction of sp³-hybridized carbons (Fsp3) is 0.158. The van der Waals surface area contributed by atoms with Crippen LogP contribution < -0.4 is 20.1 Å². The van der Waals surface area contributed by atoms with Gasteiger partial charge in [0, 0.05) is 24.3 Å². The molecule has 0 saturated carbocycles. The molecule has 0 radical (unpaired) electrons. The first-order chi connectivity index (χ1) is 12.0. The summed E-state index contributed by atoms with van der Waals surface area (Å²) in [6.45, 7) is 1.42. The summed E-state index contributed by atoms with van der Waals surface area (Å²) in [4.78, 5) is 23.4. The number of rotatable bonds is 6. The number of ether oxygens (including phenoxy) is 2. The molecule has 0 aliphatic rings. The second-order valence-corrected chi connectivity index (χ2v) is 5.16. The molecule has 0 atom stereocenters. The van der Waals surface area contributed by atoms with Crippen LogP contribution in [0.25, 0.3) is 6.08 Å². The van der Waals surface area contributed by atoms with Gasteiger partial charge in [-0.1, -0.05) is 18.2 Å². The topological polar surface area (TPSA) is 76.7 Å². The fourth-order valence-electron chi connectivity index (χ4n) is 2.23. The van der Waals surface area contributed by atoms with Gasteiger partial charge in [0.15, 0.2) is 0 Å². The van der Waals surface area contributed by atoms with Gasteiger partial charge < -0.3 is 20.1 Å². The molecule has 6 nitrogen and oxygen atoms in total. The summed E-state index contributed by atoms with van der Waals surface area (Å²) in [6, 6.07) is 12.4. The van der Waals surface area contributed by atoms with Crippen molar-refractivity contribution >= 4 is 29.3 Å². The van der Waals surface area contributed by atoms with Crippen LogP contribution >= 0.6 is 0 Å². The van der Waals surface area contributed by atoms with Gasteiger partial charge in [-0.25, -0.2) is 0 Å². The first-order valence-corrected chi connectivity index (χ1v) is 7.61. The summed E-state index contributed by atoms with van der Waals surface area (Å²) < 4.78 is 10.5. The molecule has 2 rings (SSSR count). The number of nitrogens with one attached hydrogen (secondary N) is 2. The Morgan fingerprint density at radius 3 is 2.36 bits per heavy atom. The summed E-state index contributed by atoms with van der Waals surface area (Å²) >= 11 is 0. The first kappa shape index (κ1) is 18.1. The molecule has 0 fully saturated rings. The van der Waals surface area contributed by atoms with Gasteiger partial charge in [-0.2, -0.15) is 0 Å². The molecule has 0 aliphatic carbocycles. The van der Waals surface area contributed by atoms with E-state index in [0.717, 1.165) is 5.56 Å². The molecule has 0 unspecified atom stereocenters. The third-order valence-electron chi connectivity index (χ3n) is 3.33. The van der Waals surface area contributed by atoms with E-state index in [2.05, 4.69) is 10.6 Å². The molecule has 0 heterocycles. The smallest absolute Gasteiger partial charge is 0.248 e. The van der Waals surface area contributed by atoms with Crippen molar-refractivity contribution in [3.63, 3.8) is 0 Å². The lowest BCUT2D eigenvalue weighted by molar-refractivity contribution is -0.114. The Balaban J connectivity index is 2.16. The van der Waals surface area contributed by atoms with Crippen LogP contribution in [0.4, 0.5) is 11.4 Å². The van der Waals surface area contributed by atoms with Crippen LogP contribution in [0.15, 0.2) is 48.5 Å². The molecule has 2 amide bonds. The van der Waals surface area contributed by atoms with Gasteiger partial charge in [-0.15, -0.1) is 0 Å². The monoisotopic (exact) mass is 340 g/mol. The second-order valence-electron chi connectivity index (χ2n) is 5.16. The predicted molar refractivity (Wildman–Crippen MR) is 98.0 cm³/mol. The van der Waals surface area contributed by atoms with E-state index >= 15 is 0 Å². The molecule has 2 aromatic carbocycles. The van der Waals surface area contributed by atoms with Crippen molar-refractivity contribution in [1.29, 1.82) is 0 Å². The highest BCUT2D eigenvalue weighted by Crippen LogP contribution is 2.28. The van der Waals surface area contributed by atoms with Crippen LogP contribution in [-0.4, -0.2) is 26.0 Å². The highest BCUT2D eigenvalue weighted by molar-refractivity contribution is 6.03. The number of carbonyl (C=O) groups is 2. The summed E-state index contributed by atoms with van der Waals surface area (Å²) in [6.07, 6.45) is 3.07. The number of para-hydroxylation sites is 1. The molecule has 2 aromatic rings. The van der Waals surface area contributed by atoms with Crippen LogP contribution in [-0.2, 0) is 9.59 Å². The zero-order chi connectivity index (χ0) is 18.2. The van der Waals surface area contributed by atoms with Crippen LogP contribution in [0, 0.1) is 0 Å². The zero-order valence-corrected chi connectivity index (χ0v) is 14.3. The van der Waals surface area contributed by atoms with Gasteiger partial charge in [0.05, 0.1) is 19.9 Å². The van der Waals surface area contributed by atoms with Gasteiger partial charge in [-0.05, 0) is 30.3 Å². The second kappa shape index (κ2) is 8.54. The lowest BCUT2D eigenvalue weighted by atomic mass is 10.2. The molecule has 0 aromatic heterocycles. The van der Waals surface area contributed by atoms with E-state index in [1.165, 1.54) is 20.1 Å². The Morgan fingerprint density at radius 1 is 0.960 bits per heavy atom. The quantitative estimate of drug-likeness (QED) is 0.791. The molecule has 25 heavy (non-hydrogen) atoms. The van der Waals surface area contributed by atoms with Crippen molar-refractivity contribution in [3.05, 3.63) is 54.1 Å². The predicted octanol–water partition coefficient (Wildman–Crippen LogP) is 3.31. The Hall–Kier alpha value is -3.28. The highest BCUT2D eigenvalue weighted by atomic mass is 16.5. The highest BCUT2D eigenvalue weighted by Gasteiger charge is 2.08. The fourth-order valence-corrected chi connectivity index (χ4v) is 2.23. The zero-order valence-electron chi connectivity index (χ0n) is 14.3. The number of anilines is 2. The number of amides is 2. The Kier molecular flexibility index (Phi) is 6.17. The lowest BCUT2D eigenvalue weighted by Gasteiger charge is -2.11. The molecule has 6 heteroatoms. The van der Waals surface area contributed by atoms with E-state index in [9.17, 15) is 9.59 Å². The van der Waals surface area contributed by atoms with E-state index in [0.29, 0.717) is 22.9 Å². The average molecular weight is 340 g/mol. The molecule has 130 valence electrons. The van der Waals surface area contributed by atoms with Crippen LogP contribution in [0.1, 0.15) is 12.5 Å². The maximum absolute atomic E-state index is 12.2. The number of methoxy groups -OCH3 is 2. The maximum atomic E-state index is 12.2. The third kappa shape index (κ3) is 5.10. The van der Waals surface area contributed by atoms with Crippen molar-refractivity contribution < 1.29 is 19.1 Å². The van der Waals surface area contributed by atoms with Crippen LogP contribution in [0.3, 0.4) is 0 Å². The van der Waals surface area contributed by atoms with Crippen molar-refractivity contribution in [3.8, 4) is 11.5 Å². The average Bonchev–Trinajstić information content (AvgIpc) is 2.60. The first-order valence-electron chi connectivity index (χ1n) is 7.61. The minimum atomic E-state index is -0.329. The largest absolute Gasteiger partial charge is 0.496 e. The molecular weight excluding hydrogens is 320 g/mol. The summed E-state index contributed by atoms with van der Waals surface area (Å²) in [5.41, 5.74) is 1.82. The standard InChI is InChI=1S/C19H20N2O4/c1-13(22)20-15-9-10-18(25-3)16(12-15)21-19(23)11-8-14-6-4-5-7-17(14)24-2/h4-12H,1-3H3,(H,20,22)(H,21,23)/b11-8+. The van der Waals surface area contributed by atoms with Crippen molar-refractivity contribution in [2.75, 3.05) is 24.9 Å². The Bertz CT molecular complexity index is 800. The minimum Gasteiger partial charge on any atom is -0.496 e. The van der Waals surface area contributed by atoms with Gasteiger partial charge in [-0.3, -0.25) is 9.59 Å². The van der Waals surface area contributed by atoms with Crippen LogP contribution in [0.2, 0.25) is 0 Å². The van der Waals surface area contributed by atoms with Crippen molar-refractivity contribution in [1.82, 2.24) is 0 Å². The van der Waals surface area contributed by atoms with Gasteiger partial charge in [0.1, 0.15) is 11.5 Å². The number of carbonyl (C=O) groups excluding carboxylic acids is 2. The van der Waals surface area contributed by atoms with Gasteiger partial charge >= 0.3 is 0 Å². The van der Waals surface area contributed by atoms with Crippen molar-refractivity contribution in [2.24, 2.45) is 0 Å². The van der Waals surface area contributed by atoms with E-state index < -0.39 is 0 Å². The third-order valence-corrected chi connectivity index (χ3v) is 3.33. The molecular formula is C19H20N2O4. The molecule has 0 spiro atoms. The Labute approximate surface area is 146 Å². The summed E-state index contributed by atoms with van der Waals surface area (Å²) in [5, 5.41) is 5.40. The Morgan fingerprint density at radius 2 is 1.68 bits per heavy atom. The lowest BCUT2D eigenvalue weighted by Crippen LogP contribution is -2.10. The number of hydrogen-bond donors (Lipinski definition) is 2. The van der Waals surface area contributed by atoms with Gasteiger partial charge in [0.25, 0.3) is 0 Å². The normalized spacial score (nSPS) is 10.4. The number of hydrogen-bond acceptors (Lipinski definition) is 4. The summed E-state index contributed by atoms with van der Waals surface area (Å²) in [7, 11) is 3.08. The molecule has 0 bridgehead atoms. The number of benzene rings is 2. The minimum absolute atomic E-state index is 0.196.